The SMILES string of the molecule is Cc1cnc2c(c1)OCC/C2=N/NC(=S)N1CC[C@@H](C)N[C@@H](C)C1. The zero-order chi connectivity index (χ0) is 17.1. The fourth-order valence-corrected chi connectivity index (χ4v) is 3.33. The lowest BCUT2D eigenvalue weighted by atomic mass is 10.1. The van der Waals surface area contributed by atoms with Crippen LogP contribution < -0.4 is 15.5 Å². The summed E-state index contributed by atoms with van der Waals surface area (Å²) in [6, 6.07) is 2.91. The average molecular weight is 347 g/mol. The maximum atomic E-state index is 5.68. The van der Waals surface area contributed by atoms with Crippen LogP contribution in [-0.2, 0) is 0 Å². The number of aromatic nitrogens is 1. The highest BCUT2D eigenvalue weighted by molar-refractivity contribution is 7.80. The van der Waals surface area contributed by atoms with Crippen LogP contribution in [0.5, 0.6) is 5.75 Å². The maximum absolute atomic E-state index is 5.68. The first kappa shape index (κ1) is 17.1. The number of pyridine rings is 1. The number of hydrogen-bond donors (Lipinski definition) is 2. The molecule has 24 heavy (non-hydrogen) atoms. The van der Waals surface area contributed by atoms with Crippen molar-refractivity contribution in [2.75, 3.05) is 19.7 Å². The monoisotopic (exact) mass is 347 g/mol. The Hall–Kier alpha value is -1.73. The molecule has 0 aliphatic carbocycles. The number of rotatable bonds is 1. The van der Waals surface area contributed by atoms with E-state index < -0.39 is 0 Å². The highest BCUT2D eigenvalue weighted by atomic mass is 32.1. The number of aryl methyl sites for hydroxylation is 1. The lowest BCUT2D eigenvalue weighted by molar-refractivity contribution is 0.318. The van der Waals surface area contributed by atoms with E-state index in [9.17, 15) is 0 Å². The molecule has 2 aliphatic heterocycles. The summed E-state index contributed by atoms with van der Waals surface area (Å²) in [5.74, 6) is 0.800. The van der Waals surface area contributed by atoms with Gasteiger partial charge in [-0.25, -0.2) is 0 Å². The molecule has 2 N–H and O–H groups in total. The van der Waals surface area contributed by atoms with Crippen molar-refractivity contribution in [1.82, 2.24) is 20.6 Å². The van der Waals surface area contributed by atoms with E-state index in [-0.39, 0.29) is 0 Å². The summed E-state index contributed by atoms with van der Waals surface area (Å²) in [5.41, 5.74) is 5.85. The summed E-state index contributed by atoms with van der Waals surface area (Å²) in [7, 11) is 0. The van der Waals surface area contributed by atoms with Crippen molar-refractivity contribution >= 4 is 23.0 Å². The van der Waals surface area contributed by atoms with Gasteiger partial charge in [-0.2, -0.15) is 5.10 Å². The Bertz CT molecular complexity index is 648. The number of nitrogens with zero attached hydrogens (tertiary/aromatic N) is 3. The van der Waals surface area contributed by atoms with Crippen molar-refractivity contribution in [2.24, 2.45) is 5.10 Å². The van der Waals surface area contributed by atoms with E-state index in [4.69, 9.17) is 17.0 Å². The zero-order valence-corrected chi connectivity index (χ0v) is 15.3. The summed E-state index contributed by atoms with van der Waals surface area (Å²) in [5, 5.41) is 8.76. The summed E-state index contributed by atoms with van der Waals surface area (Å²) < 4.78 is 5.68. The smallest absolute Gasteiger partial charge is 0.189 e. The van der Waals surface area contributed by atoms with Gasteiger partial charge in [0.25, 0.3) is 0 Å². The van der Waals surface area contributed by atoms with Gasteiger partial charge < -0.3 is 15.0 Å². The highest BCUT2D eigenvalue weighted by Crippen LogP contribution is 2.23. The van der Waals surface area contributed by atoms with Crippen LogP contribution in [0.4, 0.5) is 0 Å². The van der Waals surface area contributed by atoms with Crippen LogP contribution in [0.1, 0.15) is 37.9 Å². The van der Waals surface area contributed by atoms with Gasteiger partial charge in [-0.15, -0.1) is 0 Å². The molecule has 3 heterocycles. The molecule has 1 saturated heterocycles. The van der Waals surface area contributed by atoms with Crippen molar-refractivity contribution in [3.63, 3.8) is 0 Å². The van der Waals surface area contributed by atoms with Gasteiger partial charge in [0, 0.05) is 37.8 Å². The molecule has 1 aromatic heterocycles. The van der Waals surface area contributed by atoms with E-state index >= 15 is 0 Å². The topological polar surface area (TPSA) is 61.8 Å². The van der Waals surface area contributed by atoms with Gasteiger partial charge in [0.1, 0.15) is 11.4 Å². The summed E-state index contributed by atoms with van der Waals surface area (Å²) in [6.07, 6.45) is 3.64. The van der Waals surface area contributed by atoms with Gasteiger partial charge in [0.05, 0.1) is 12.3 Å². The van der Waals surface area contributed by atoms with E-state index in [1.807, 2.05) is 19.2 Å². The minimum absolute atomic E-state index is 0.406. The normalized spacial score (nSPS) is 25.6. The first-order chi connectivity index (χ1) is 11.5. The van der Waals surface area contributed by atoms with Crippen LogP contribution in [-0.4, -0.2) is 52.5 Å². The van der Waals surface area contributed by atoms with E-state index in [0.29, 0.717) is 23.8 Å². The van der Waals surface area contributed by atoms with E-state index in [1.165, 1.54) is 0 Å². The molecule has 7 heteroatoms. The van der Waals surface area contributed by atoms with Crippen LogP contribution in [0.3, 0.4) is 0 Å². The van der Waals surface area contributed by atoms with Crippen molar-refractivity contribution in [1.29, 1.82) is 0 Å². The largest absolute Gasteiger partial charge is 0.491 e. The van der Waals surface area contributed by atoms with Crippen LogP contribution in [0.25, 0.3) is 0 Å². The van der Waals surface area contributed by atoms with Crippen molar-refractivity contribution < 1.29 is 4.74 Å². The molecular formula is C17H25N5OS. The average Bonchev–Trinajstić information content (AvgIpc) is 2.72. The molecule has 0 aromatic carbocycles. The number of fused-ring (bicyclic) bond motifs is 1. The van der Waals surface area contributed by atoms with Gasteiger partial charge in [-0.05, 0) is 51.0 Å². The summed E-state index contributed by atoms with van der Waals surface area (Å²) in [6.45, 7) is 8.84. The molecule has 0 saturated carbocycles. The second-order valence-corrected chi connectivity index (χ2v) is 7.02. The molecule has 2 aliphatic rings. The number of nitrogens with one attached hydrogen (secondary N) is 2. The Morgan fingerprint density at radius 1 is 1.46 bits per heavy atom. The minimum Gasteiger partial charge on any atom is -0.491 e. The third kappa shape index (κ3) is 4.02. The molecule has 3 rings (SSSR count). The van der Waals surface area contributed by atoms with Gasteiger partial charge in [-0.1, -0.05) is 0 Å². The van der Waals surface area contributed by atoms with Crippen LogP contribution in [0.2, 0.25) is 0 Å². The maximum Gasteiger partial charge on any atom is 0.189 e. The van der Waals surface area contributed by atoms with Crippen LogP contribution >= 0.6 is 12.2 Å². The zero-order valence-electron chi connectivity index (χ0n) is 14.5. The van der Waals surface area contributed by atoms with Gasteiger partial charge >= 0.3 is 0 Å². The quantitative estimate of drug-likeness (QED) is 0.597. The molecule has 6 nitrogen and oxygen atoms in total. The predicted octanol–water partition coefficient (Wildman–Crippen LogP) is 1.82. The molecule has 0 amide bonds. The van der Waals surface area contributed by atoms with E-state index in [2.05, 4.69) is 39.6 Å². The van der Waals surface area contributed by atoms with Gasteiger partial charge in [0.2, 0.25) is 0 Å². The Labute approximate surface area is 148 Å². The molecule has 1 fully saturated rings. The summed E-state index contributed by atoms with van der Waals surface area (Å²) in [4.78, 5) is 6.65. The Balaban J connectivity index is 1.69. The van der Waals surface area contributed by atoms with Crippen molar-refractivity contribution in [3.8, 4) is 5.75 Å². The van der Waals surface area contributed by atoms with Crippen LogP contribution in [0.15, 0.2) is 17.4 Å². The second kappa shape index (κ2) is 7.44. The number of ether oxygens (including phenoxy) is 1. The Morgan fingerprint density at radius 2 is 2.29 bits per heavy atom. The fourth-order valence-electron chi connectivity index (χ4n) is 3.12. The first-order valence-electron chi connectivity index (χ1n) is 8.50. The molecule has 2 atom stereocenters. The number of hydrogen-bond acceptors (Lipinski definition) is 5. The lowest BCUT2D eigenvalue weighted by Crippen LogP contribution is -2.43. The molecule has 1 aromatic rings. The predicted molar refractivity (Wildman–Crippen MR) is 99.6 cm³/mol. The van der Waals surface area contributed by atoms with Crippen LogP contribution in [0, 0.1) is 6.92 Å². The second-order valence-electron chi connectivity index (χ2n) is 6.64. The fraction of sp³-hybridized carbons (Fsp3) is 0.588. The standard InChI is InChI=1S/C17H25N5OS/c1-11-8-15-16(18-9-11)14(5-7-23-15)20-21-17(24)22-6-4-12(2)19-13(3)10-22/h8-9,12-13,19H,4-7,10H2,1-3H3,(H,21,24)/b20-14-/t12-,13+/m1/s1. The highest BCUT2D eigenvalue weighted by Gasteiger charge is 2.21. The number of hydrazone groups is 1. The number of thiocarbonyl (C=S) groups is 1. The Morgan fingerprint density at radius 3 is 3.12 bits per heavy atom. The summed E-state index contributed by atoms with van der Waals surface area (Å²) >= 11 is 5.54. The molecule has 0 unspecified atom stereocenters. The molecule has 0 radical (unpaired) electrons. The van der Waals surface area contributed by atoms with Gasteiger partial charge in [-0.3, -0.25) is 10.4 Å². The van der Waals surface area contributed by atoms with E-state index in [1.54, 1.807) is 0 Å². The molecule has 130 valence electrons. The van der Waals surface area contributed by atoms with Crippen molar-refractivity contribution in [3.05, 3.63) is 23.5 Å². The third-order valence-electron chi connectivity index (χ3n) is 4.33. The third-order valence-corrected chi connectivity index (χ3v) is 4.68. The lowest BCUT2D eigenvalue weighted by Gasteiger charge is -2.25. The Kier molecular flexibility index (Phi) is 5.30. The molecule has 0 spiro atoms. The van der Waals surface area contributed by atoms with E-state index in [0.717, 1.165) is 48.6 Å². The first-order valence-corrected chi connectivity index (χ1v) is 8.91. The minimum atomic E-state index is 0.406. The molecular weight excluding hydrogens is 322 g/mol. The van der Waals surface area contributed by atoms with Gasteiger partial charge in [0.15, 0.2) is 5.11 Å². The molecule has 0 bridgehead atoms. The van der Waals surface area contributed by atoms with Crippen molar-refractivity contribution in [2.45, 2.75) is 45.7 Å².